The topological polar surface area (TPSA) is 56.7 Å². The number of benzene rings is 1. The highest BCUT2D eigenvalue weighted by molar-refractivity contribution is 14.0. The van der Waals surface area contributed by atoms with Gasteiger partial charge in [0.05, 0.1) is 6.54 Å². The first kappa shape index (κ1) is 25.1. The van der Waals surface area contributed by atoms with Crippen molar-refractivity contribution in [2.24, 2.45) is 10.9 Å². The van der Waals surface area contributed by atoms with E-state index in [1.165, 1.54) is 11.3 Å². The van der Waals surface area contributed by atoms with E-state index in [1.54, 1.807) is 0 Å². The van der Waals surface area contributed by atoms with Gasteiger partial charge >= 0.3 is 0 Å². The molecule has 2 N–H and O–H groups in total. The van der Waals surface area contributed by atoms with Crippen LogP contribution in [0.1, 0.15) is 40.0 Å². The van der Waals surface area contributed by atoms with Crippen molar-refractivity contribution >= 4 is 47.6 Å². The van der Waals surface area contributed by atoms with E-state index >= 15 is 0 Å². The SMILES string of the molecule is CCNC(=NCCC(=O)NC(C)CC)N1CCC(CSc2ccccc2)C1.I. The van der Waals surface area contributed by atoms with Gasteiger partial charge in [0, 0.05) is 42.7 Å². The van der Waals surface area contributed by atoms with E-state index in [0.717, 1.165) is 37.8 Å². The molecule has 0 bridgehead atoms. The van der Waals surface area contributed by atoms with Gasteiger partial charge in [0.15, 0.2) is 5.96 Å². The summed E-state index contributed by atoms with van der Waals surface area (Å²) in [7, 11) is 0. The van der Waals surface area contributed by atoms with Crippen LogP contribution < -0.4 is 10.6 Å². The first-order valence-electron chi connectivity index (χ1n) is 10.1. The first-order valence-corrected chi connectivity index (χ1v) is 11.1. The van der Waals surface area contributed by atoms with Crippen molar-refractivity contribution in [3.05, 3.63) is 30.3 Å². The summed E-state index contributed by atoms with van der Waals surface area (Å²) < 4.78 is 0. The molecule has 0 aromatic heterocycles. The van der Waals surface area contributed by atoms with E-state index in [2.05, 4.69) is 64.7 Å². The number of carbonyl (C=O) groups is 1. The fourth-order valence-corrected chi connectivity index (χ4v) is 4.08. The maximum absolute atomic E-state index is 11.9. The van der Waals surface area contributed by atoms with Crippen molar-refractivity contribution in [3.8, 4) is 0 Å². The van der Waals surface area contributed by atoms with Crippen LogP contribution in [0.25, 0.3) is 0 Å². The van der Waals surface area contributed by atoms with Crippen molar-refractivity contribution in [3.63, 3.8) is 0 Å². The Balaban J connectivity index is 0.00000392. The Morgan fingerprint density at radius 3 is 2.75 bits per heavy atom. The van der Waals surface area contributed by atoms with Gasteiger partial charge in [-0.25, -0.2) is 0 Å². The average molecular weight is 519 g/mol. The number of rotatable bonds is 9. The second kappa shape index (κ2) is 14.1. The monoisotopic (exact) mass is 518 g/mol. The molecule has 1 aromatic carbocycles. The molecule has 158 valence electrons. The fourth-order valence-electron chi connectivity index (χ4n) is 3.03. The number of halogens is 1. The van der Waals surface area contributed by atoms with E-state index in [0.29, 0.717) is 18.9 Å². The van der Waals surface area contributed by atoms with Crippen molar-refractivity contribution in [2.45, 2.75) is 51.0 Å². The summed E-state index contributed by atoms with van der Waals surface area (Å²) in [5.41, 5.74) is 0. The third-order valence-electron chi connectivity index (χ3n) is 4.77. The Bertz CT molecular complexity index is 599. The molecule has 28 heavy (non-hydrogen) atoms. The predicted octanol–water partition coefficient (Wildman–Crippen LogP) is 3.99. The Kier molecular flexibility index (Phi) is 12.6. The van der Waals surface area contributed by atoms with E-state index in [1.807, 2.05) is 18.7 Å². The molecule has 2 rings (SSSR count). The van der Waals surface area contributed by atoms with Crippen molar-refractivity contribution < 1.29 is 4.79 Å². The van der Waals surface area contributed by atoms with Gasteiger partial charge in [0.1, 0.15) is 0 Å². The Morgan fingerprint density at radius 2 is 2.07 bits per heavy atom. The predicted molar refractivity (Wildman–Crippen MR) is 131 cm³/mol. The van der Waals surface area contributed by atoms with Crippen LogP contribution in [-0.4, -0.2) is 54.7 Å². The van der Waals surface area contributed by atoms with Gasteiger partial charge in [-0.3, -0.25) is 9.79 Å². The highest BCUT2D eigenvalue weighted by atomic mass is 127. The van der Waals surface area contributed by atoms with Gasteiger partial charge < -0.3 is 15.5 Å². The largest absolute Gasteiger partial charge is 0.357 e. The molecule has 1 saturated heterocycles. The molecule has 1 aromatic rings. The van der Waals surface area contributed by atoms with Crippen molar-refractivity contribution in [1.29, 1.82) is 0 Å². The third-order valence-corrected chi connectivity index (χ3v) is 6.01. The standard InChI is InChI=1S/C21H34N4OS.HI/c1-4-17(3)24-20(26)11-13-23-21(22-5-2)25-14-12-18(15-25)16-27-19-9-7-6-8-10-19;/h6-10,17-18H,4-5,11-16H2,1-3H3,(H,22,23)(H,24,26);1H. The van der Waals surface area contributed by atoms with Gasteiger partial charge in [0.2, 0.25) is 5.91 Å². The Labute approximate surface area is 191 Å². The minimum atomic E-state index is 0. The minimum Gasteiger partial charge on any atom is -0.357 e. The van der Waals surface area contributed by atoms with Crippen molar-refractivity contribution in [1.82, 2.24) is 15.5 Å². The molecular formula is C21H35IN4OS. The summed E-state index contributed by atoms with van der Waals surface area (Å²) in [6.07, 6.45) is 2.59. The number of guanidine groups is 1. The molecule has 0 radical (unpaired) electrons. The molecule has 0 saturated carbocycles. The van der Waals surface area contributed by atoms with Gasteiger partial charge in [-0.1, -0.05) is 25.1 Å². The number of hydrogen-bond donors (Lipinski definition) is 2. The van der Waals surface area contributed by atoms with E-state index < -0.39 is 0 Å². The third kappa shape index (κ3) is 9.03. The lowest BCUT2D eigenvalue weighted by molar-refractivity contribution is -0.121. The average Bonchev–Trinajstić information content (AvgIpc) is 3.15. The van der Waals surface area contributed by atoms with Crippen LogP contribution in [0.4, 0.5) is 0 Å². The van der Waals surface area contributed by atoms with E-state index in [4.69, 9.17) is 0 Å². The normalized spacial score (nSPS) is 17.8. The van der Waals surface area contributed by atoms with Crippen LogP contribution >= 0.6 is 35.7 Å². The van der Waals surface area contributed by atoms with E-state index in [-0.39, 0.29) is 35.9 Å². The number of amides is 1. The number of likely N-dealkylation sites (tertiary alicyclic amines) is 1. The van der Waals surface area contributed by atoms with Crippen molar-refractivity contribution in [2.75, 3.05) is 31.9 Å². The van der Waals surface area contributed by atoms with Gasteiger partial charge in [0.25, 0.3) is 0 Å². The Morgan fingerprint density at radius 1 is 1.32 bits per heavy atom. The lowest BCUT2D eigenvalue weighted by Gasteiger charge is -2.21. The molecular weight excluding hydrogens is 483 g/mol. The summed E-state index contributed by atoms with van der Waals surface area (Å²) in [5.74, 6) is 2.84. The minimum absolute atomic E-state index is 0. The number of nitrogens with one attached hydrogen (secondary N) is 2. The second-order valence-corrected chi connectivity index (χ2v) is 8.18. The maximum Gasteiger partial charge on any atom is 0.222 e. The zero-order valence-electron chi connectivity index (χ0n) is 17.3. The molecule has 1 heterocycles. The lowest BCUT2D eigenvalue weighted by Crippen LogP contribution is -2.40. The van der Waals surface area contributed by atoms with Crippen LogP contribution in [0.5, 0.6) is 0 Å². The zero-order chi connectivity index (χ0) is 19.5. The summed E-state index contributed by atoms with van der Waals surface area (Å²) in [4.78, 5) is 20.3. The quantitative estimate of drug-likeness (QED) is 0.225. The fraction of sp³-hybridized carbons (Fsp3) is 0.619. The zero-order valence-corrected chi connectivity index (χ0v) is 20.5. The summed E-state index contributed by atoms with van der Waals surface area (Å²) in [6, 6.07) is 10.8. The second-order valence-electron chi connectivity index (χ2n) is 7.09. The molecule has 2 atom stereocenters. The van der Waals surface area contributed by atoms with Crippen LogP contribution in [0.3, 0.4) is 0 Å². The maximum atomic E-state index is 11.9. The van der Waals surface area contributed by atoms with Crippen LogP contribution in [0.2, 0.25) is 0 Å². The summed E-state index contributed by atoms with van der Waals surface area (Å²) in [6.45, 7) is 9.64. The Hall–Kier alpha value is -0.960. The molecule has 0 spiro atoms. The van der Waals surface area contributed by atoms with Crippen LogP contribution in [0, 0.1) is 5.92 Å². The molecule has 1 amide bonds. The summed E-state index contributed by atoms with van der Waals surface area (Å²) in [5, 5.41) is 6.38. The van der Waals surface area contributed by atoms with Gasteiger partial charge in [-0.15, -0.1) is 35.7 Å². The van der Waals surface area contributed by atoms with Crippen LogP contribution in [-0.2, 0) is 4.79 Å². The first-order chi connectivity index (χ1) is 13.1. The number of nitrogens with zero attached hydrogens (tertiary/aromatic N) is 2. The molecule has 1 aliphatic heterocycles. The number of aliphatic imine (C=N–C) groups is 1. The number of thioether (sulfide) groups is 1. The van der Waals surface area contributed by atoms with Gasteiger partial charge in [-0.2, -0.15) is 0 Å². The van der Waals surface area contributed by atoms with Gasteiger partial charge in [-0.05, 0) is 44.7 Å². The molecule has 0 aliphatic carbocycles. The number of hydrogen-bond acceptors (Lipinski definition) is 3. The van der Waals surface area contributed by atoms with E-state index in [9.17, 15) is 4.79 Å². The molecule has 5 nitrogen and oxygen atoms in total. The molecule has 2 unspecified atom stereocenters. The smallest absolute Gasteiger partial charge is 0.222 e. The number of carbonyl (C=O) groups excluding carboxylic acids is 1. The highest BCUT2D eigenvalue weighted by Gasteiger charge is 2.24. The molecule has 1 aliphatic rings. The molecule has 1 fully saturated rings. The lowest BCUT2D eigenvalue weighted by atomic mass is 10.2. The highest BCUT2D eigenvalue weighted by Crippen LogP contribution is 2.25. The molecule has 7 heteroatoms. The van der Waals surface area contributed by atoms with Crippen LogP contribution in [0.15, 0.2) is 40.2 Å². The summed E-state index contributed by atoms with van der Waals surface area (Å²) >= 11 is 1.93.